The Labute approximate surface area is 199 Å². The molecule has 0 bridgehead atoms. The maximum Gasteiger partial charge on any atom is 0.0562 e. The molecule has 0 aliphatic rings. The van der Waals surface area contributed by atoms with Crippen molar-refractivity contribution < 1.29 is 0 Å². The number of hydrogen-bond donors (Lipinski definition) is 2. The Kier molecular flexibility index (Phi) is 5.10. The van der Waals surface area contributed by atoms with Crippen LogP contribution >= 0.6 is 0 Å². The van der Waals surface area contributed by atoms with Crippen LogP contribution in [0.1, 0.15) is 5.56 Å². The fraction of sp³-hybridized carbons (Fsp3) is 0.0323. The lowest BCUT2D eigenvalue weighted by atomic mass is 10.00. The topological polar surface area (TPSA) is 43.0 Å². The van der Waals surface area contributed by atoms with Crippen LogP contribution in [0.4, 0.5) is 11.4 Å². The summed E-state index contributed by atoms with van der Waals surface area (Å²) in [5.74, 6) is 0. The summed E-state index contributed by atoms with van der Waals surface area (Å²) in [4.78, 5) is 0. The van der Waals surface area contributed by atoms with E-state index >= 15 is 0 Å². The van der Waals surface area contributed by atoms with Crippen LogP contribution < -0.4 is 11.1 Å². The fourth-order valence-electron chi connectivity index (χ4n) is 4.76. The Morgan fingerprint density at radius 2 is 1.35 bits per heavy atom. The molecule has 0 aliphatic carbocycles. The largest absolute Gasteiger partial charge is 0.355 e. The van der Waals surface area contributed by atoms with E-state index in [0.29, 0.717) is 6.54 Å². The van der Waals surface area contributed by atoms with Gasteiger partial charge in [-0.3, -0.25) is 0 Å². The summed E-state index contributed by atoms with van der Waals surface area (Å²) in [5, 5.41) is 6.17. The molecule has 34 heavy (non-hydrogen) atoms. The highest BCUT2D eigenvalue weighted by Gasteiger charge is 2.16. The molecule has 0 saturated heterocycles. The SMILES string of the molecule is NCc1cccc(Nc2cc3c(cc2-c2ccccc2)c2ccccc2n3-c2ccccc2)c1. The van der Waals surface area contributed by atoms with Gasteiger partial charge in [-0.05, 0) is 53.6 Å². The molecule has 6 rings (SSSR count). The van der Waals surface area contributed by atoms with Crippen molar-refractivity contribution in [3.05, 3.63) is 127 Å². The number of nitrogens with one attached hydrogen (secondary N) is 1. The predicted molar refractivity (Wildman–Crippen MR) is 144 cm³/mol. The quantitative estimate of drug-likeness (QED) is 0.290. The minimum Gasteiger partial charge on any atom is -0.355 e. The summed E-state index contributed by atoms with van der Waals surface area (Å²) in [6.07, 6.45) is 0. The van der Waals surface area contributed by atoms with Gasteiger partial charge in [0.1, 0.15) is 0 Å². The van der Waals surface area contributed by atoms with Crippen molar-refractivity contribution in [2.45, 2.75) is 6.54 Å². The molecule has 164 valence electrons. The number of para-hydroxylation sites is 2. The lowest BCUT2D eigenvalue weighted by molar-refractivity contribution is 1.07. The molecule has 3 N–H and O–H groups in total. The van der Waals surface area contributed by atoms with Crippen LogP contribution in [-0.4, -0.2) is 4.57 Å². The minimum atomic E-state index is 0.516. The summed E-state index contributed by atoms with van der Waals surface area (Å²) < 4.78 is 2.35. The van der Waals surface area contributed by atoms with E-state index in [0.717, 1.165) is 22.6 Å². The highest BCUT2D eigenvalue weighted by molar-refractivity contribution is 6.12. The van der Waals surface area contributed by atoms with Crippen molar-refractivity contribution >= 4 is 33.2 Å². The average Bonchev–Trinajstić information content (AvgIpc) is 3.22. The molecule has 0 spiro atoms. The molecule has 0 amide bonds. The number of nitrogens with two attached hydrogens (primary N) is 1. The molecule has 0 atom stereocenters. The number of aromatic nitrogens is 1. The molecule has 0 radical (unpaired) electrons. The lowest BCUT2D eigenvalue weighted by Gasteiger charge is -2.15. The van der Waals surface area contributed by atoms with Crippen LogP contribution in [0, 0.1) is 0 Å². The van der Waals surface area contributed by atoms with Gasteiger partial charge >= 0.3 is 0 Å². The highest BCUT2D eigenvalue weighted by atomic mass is 15.0. The predicted octanol–water partition coefficient (Wildman–Crippen LogP) is 7.65. The van der Waals surface area contributed by atoms with Gasteiger partial charge in [0.2, 0.25) is 0 Å². The zero-order chi connectivity index (χ0) is 22.9. The first-order valence-corrected chi connectivity index (χ1v) is 11.6. The van der Waals surface area contributed by atoms with Crippen LogP contribution in [0.5, 0.6) is 0 Å². The first kappa shape index (κ1) is 20.3. The van der Waals surface area contributed by atoms with Crippen molar-refractivity contribution in [3.63, 3.8) is 0 Å². The van der Waals surface area contributed by atoms with Crippen molar-refractivity contribution in [1.82, 2.24) is 4.57 Å². The summed E-state index contributed by atoms with van der Waals surface area (Å²) in [6.45, 7) is 0.516. The Hall–Kier alpha value is -4.34. The van der Waals surface area contributed by atoms with E-state index in [9.17, 15) is 0 Å². The molecule has 6 aromatic rings. The summed E-state index contributed by atoms with van der Waals surface area (Å²) >= 11 is 0. The zero-order valence-electron chi connectivity index (χ0n) is 18.8. The third-order valence-corrected chi connectivity index (χ3v) is 6.35. The van der Waals surface area contributed by atoms with E-state index in [-0.39, 0.29) is 0 Å². The maximum atomic E-state index is 5.90. The van der Waals surface area contributed by atoms with Gasteiger partial charge in [0.25, 0.3) is 0 Å². The Morgan fingerprint density at radius 3 is 2.15 bits per heavy atom. The number of hydrogen-bond acceptors (Lipinski definition) is 2. The van der Waals surface area contributed by atoms with Gasteiger partial charge in [-0.15, -0.1) is 0 Å². The zero-order valence-corrected chi connectivity index (χ0v) is 18.8. The molecule has 1 aromatic heterocycles. The first-order valence-electron chi connectivity index (χ1n) is 11.6. The van der Waals surface area contributed by atoms with E-state index < -0.39 is 0 Å². The third kappa shape index (κ3) is 3.53. The monoisotopic (exact) mass is 439 g/mol. The molecule has 0 saturated carbocycles. The van der Waals surface area contributed by atoms with Crippen LogP contribution in [0.2, 0.25) is 0 Å². The second kappa shape index (κ2) is 8.54. The number of benzene rings is 5. The molecule has 0 unspecified atom stereocenters. The molecule has 5 aromatic carbocycles. The van der Waals surface area contributed by atoms with E-state index in [1.807, 2.05) is 6.07 Å². The standard InChI is InChI=1S/C31H25N3/c32-21-22-10-9-13-24(18-22)33-29-20-31-28(19-27(29)23-11-3-1-4-12-23)26-16-7-8-17-30(26)34(31)25-14-5-2-6-15-25/h1-20,33H,21,32H2. The minimum absolute atomic E-state index is 0.516. The smallest absolute Gasteiger partial charge is 0.0562 e. The number of anilines is 2. The number of fused-ring (bicyclic) bond motifs is 3. The van der Waals surface area contributed by atoms with Crippen molar-refractivity contribution in [1.29, 1.82) is 0 Å². The summed E-state index contributed by atoms with van der Waals surface area (Å²) in [6, 6.07) is 42.7. The van der Waals surface area contributed by atoms with Gasteiger partial charge in [0.15, 0.2) is 0 Å². The molecular weight excluding hydrogens is 414 g/mol. The second-order valence-electron chi connectivity index (χ2n) is 8.50. The van der Waals surface area contributed by atoms with Crippen LogP contribution in [0.25, 0.3) is 38.6 Å². The summed E-state index contributed by atoms with van der Waals surface area (Å²) in [5.41, 5.74) is 15.0. The van der Waals surface area contributed by atoms with E-state index in [1.54, 1.807) is 0 Å². The van der Waals surface area contributed by atoms with Gasteiger partial charge in [0.05, 0.1) is 11.0 Å². The van der Waals surface area contributed by atoms with Crippen molar-refractivity contribution in [3.8, 4) is 16.8 Å². The first-order chi connectivity index (χ1) is 16.8. The van der Waals surface area contributed by atoms with E-state index in [4.69, 9.17) is 5.73 Å². The Morgan fingerprint density at radius 1 is 0.618 bits per heavy atom. The van der Waals surface area contributed by atoms with Crippen molar-refractivity contribution in [2.24, 2.45) is 5.73 Å². The maximum absolute atomic E-state index is 5.90. The van der Waals surface area contributed by atoms with Gasteiger partial charge in [-0.25, -0.2) is 0 Å². The normalized spacial score (nSPS) is 11.2. The number of rotatable bonds is 5. The average molecular weight is 440 g/mol. The van der Waals surface area contributed by atoms with Crippen LogP contribution in [-0.2, 0) is 6.54 Å². The lowest BCUT2D eigenvalue weighted by Crippen LogP contribution is -1.99. The Balaban J connectivity index is 1.65. The fourth-order valence-corrected chi connectivity index (χ4v) is 4.76. The highest BCUT2D eigenvalue weighted by Crippen LogP contribution is 2.40. The van der Waals surface area contributed by atoms with E-state index in [1.165, 1.54) is 32.9 Å². The third-order valence-electron chi connectivity index (χ3n) is 6.35. The summed E-state index contributed by atoms with van der Waals surface area (Å²) in [7, 11) is 0. The van der Waals surface area contributed by atoms with Crippen LogP contribution in [0.15, 0.2) is 121 Å². The molecular formula is C31H25N3. The molecule has 0 aliphatic heterocycles. The molecule has 3 heteroatoms. The van der Waals surface area contributed by atoms with Crippen LogP contribution in [0.3, 0.4) is 0 Å². The van der Waals surface area contributed by atoms with Gasteiger partial charge in [0, 0.05) is 39.9 Å². The number of nitrogens with zero attached hydrogens (tertiary/aromatic N) is 1. The van der Waals surface area contributed by atoms with Gasteiger partial charge in [-0.1, -0.05) is 78.9 Å². The second-order valence-corrected chi connectivity index (χ2v) is 8.50. The Bertz CT molecular complexity index is 1600. The van der Waals surface area contributed by atoms with Crippen molar-refractivity contribution in [2.75, 3.05) is 5.32 Å². The molecule has 1 heterocycles. The molecule has 0 fully saturated rings. The molecule has 3 nitrogen and oxygen atoms in total. The van der Waals surface area contributed by atoms with Gasteiger partial charge < -0.3 is 15.6 Å². The van der Waals surface area contributed by atoms with E-state index in [2.05, 4.69) is 125 Å². The van der Waals surface area contributed by atoms with Gasteiger partial charge in [-0.2, -0.15) is 0 Å².